The number of rotatable bonds is 8. The van der Waals surface area contributed by atoms with E-state index in [1.807, 2.05) is 13.8 Å². The van der Waals surface area contributed by atoms with Crippen LogP contribution in [-0.2, 0) is 19.5 Å². The number of nitrogens with zero attached hydrogens (tertiary/aromatic N) is 2. The van der Waals surface area contributed by atoms with Crippen molar-refractivity contribution in [3.8, 4) is 0 Å². The predicted octanol–water partition coefficient (Wildman–Crippen LogP) is 3.22. The molecule has 0 radical (unpaired) electrons. The molecule has 0 fully saturated rings. The Morgan fingerprint density at radius 3 is 2.15 bits per heavy atom. The summed E-state index contributed by atoms with van der Waals surface area (Å²) in [6, 6.07) is 0. The van der Waals surface area contributed by atoms with Crippen LogP contribution in [0.5, 0.6) is 0 Å². The summed E-state index contributed by atoms with van der Waals surface area (Å²) in [4.78, 5) is 24.4. The number of halogens is 1. The van der Waals surface area contributed by atoms with Crippen molar-refractivity contribution in [2.75, 3.05) is 0 Å². The molecule has 1 rings (SSSR count). The third-order valence-electron chi connectivity index (χ3n) is 3.61. The molecule has 20 heavy (non-hydrogen) atoms. The third-order valence-corrected chi connectivity index (χ3v) is 4.04. The van der Waals surface area contributed by atoms with E-state index in [2.05, 4.69) is 6.92 Å². The Hall–Kier alpha value is -1.03. The first kappa shape index (κ1) is 17.0. The molecule has 0 saturated carbocycles. The van der Waals surface area contributed by atoms with Gasteiger partial charge in [-0.25, -0.2) is 4.79 Å². The van der Waals surface area contributed by atoms with Crippen LogP contribution in [0.1, 0.15) is 58.4 Å². The molecule has 0 saturated heterocycles. The lowest BCUT2D eigenvalue weighted by molar-refractivity contribution is 0.517. The first-order chi connectivity index (χ1) is 9.58. The Morgan fingerprint density at radius 1 is 0.950 bits per heavy atom. The highest BCUT2D eigenvalue weighted by Gasteiger charge is 2.15. The van der Waals surface area contributed by atoms with E-state index in [0.29, 0.717) is 30.2 Å². The first-order valence-corrected chi connectivity index (χ1v) is 7.98. The lowest BCUT2D eigenvalue weighted by Gasteiger charge is -2.14. The van der Waals surface area contributed by atoms with Gasteiger partial charge in [-0.2, -0.15) is 0 Å². The van der Waals surface area contributed by atoms with Gasteiger partial charge in [0, 0.05) is 13.1 Å². The average Bonchev–Trinajstić information content (AvgIpc) is 2.43. The molecule has 0 aromatic carbocycles. The molecule has 0 aliphatic heterocycles. The van der Waals surface area contributed by atoms with Gasteiger partial charge in [0.15, 0.2) is 0 Å². The molecule has 0 N–H and O–H groups in total. The minimum atomic E-state index is -0.282. The van der Waals surface area contributed by atoms with Crippen LogP contribution >= 0.6 is 11.6 Å². The molecule has 0 bridgehead atoms. The van der Waals surface area contributed by atoms with E-state index >= 15 is 0 Å². The molecule has 1 aromatic rings. The van der Waals surface area contributed by atoms with Crippen LogP contribution in [0.15, 0.2) is 9.59 Å². The average molecular weight is 301 g/mol. The van der Waals surface area contributed by atoms with Crippen molar-refractivity contribution in [2.24, 2.45) is 0 Å². The zero-order chi connectivity index (χ0) is 15.1. The first-order valence-electron chi connectivity index (χ1n) is 7.60. The topological polar surface area (TPSA) is 44.0 Å². The molecule has 114 valence electrons. The van der Waals surface area contributed by atoms with Crippen LogP contribution in [0.25, 0.3) is 0 Å². The van der Waals surface area contributed by atoms with Gasteiger partial charge in [0.25, 0.3) is 5.56 Å². The second-order valence-electron chi connectivity index (χ2n) is 5.02. The van der Waals surface area contributed by atoms with E-state index in [0.717, 1.165) is 12.8 Å². The SMILES string of the molecule is CCCCCCCn1c(Cl)c(CC)c(=O)n(CC)c1=O. The standard InChI is InChI=1S/C15H25ClN2O2/c1-4-7-8-9-10-11-18-13(16)12(5-2)14(19)17(6-3)15(18)20/h4-11H2,1-3H3. The summed E-state index contributed by atoms with van der Waals surface area (Å²) in [5.41, 5.74) is 0.0177. The summed E-state index contributed by atoms with van der Waals surface area (Å²) in [7, 11) is 0. The lowest BCUT2D eigenvalue weighted by atomic mass is 10.1. The second kappa shape index (κ2) is 8.30. The Labute approximate surface area is 125 Å². The monoisotopic (exact) mass is 300 g/mol. The van der Waals surface area contributed by atoms with E-state index in [1.54, 1.807) is 4.57 Å². The molecule has 4 nitrogen and oxygen atoms in total. The van der Waals surface area contributed by atoms with Crippen molar-refractivity contribution in [3.05, 3.63) is 31.6 Å². The van der Waals surface area contributed by atoms with Gasteiger partial charge in [0.1, 0.15) is 5.15 Å². The maximum absolute atomic E-state index is 12.3. The lowest BCUT2D eigenvalue weighted by Crippen LogP contribution is -2.41. The molecule has 0 unspecified atom stereocenters. The van der Waals surface area contributed by atoms with Crippen LogP contribution < -0.4 is 11.2 Å². The molecule has 1 heterocycles. The number of hydrogen-bond donors (Lipinski definition) is 0. The third kappa shape index (κ3) is 3.75. The van der Waals surface area contributed by atoms with Crippen LogP contribution in [0.2, 0.25) is 5.15 Å². The summed E-state index contributed by atoms with van der Waals surface area (Å²) >= 11 is 6.24. The Kier molecular flexibility index (Phi) is 7.06. The molecule has 0 aliphatic carbocycles. The number of aromatic nitrogens is 2. The Morgan fingerprint density at radius 2 is 1.60 bits per heavy atom. The molecule has 1 aromatic heterocycles. The maximum atomic E-state index is 12.3. The predicted molar refractivity (Wildman–Crippen MR) is 83.8 cm³/mol. The zero-order valence-electron chi connectivity index (χ0n) is 12.7. The highest BCUT2D eigenvalue weighted by Crippen LogP contribution is 2.12. The van der Waals surface area contributed by atoms with Crippen LogP contribution in [-0.4, -0.2) is 9.13 Å². The van der Waals surface area contributed by atoms with E-state index in [-0.39, 0.29) is 11.2 Å². The van der Waals surface area contributed by atoms with E-state index in [4.69, 9.17) is 11.6 Å². The minimum absolute atomic E-state index is 0.243. The Balaban J connectivity index is 3.01. The minimum Gasteiger partial charge on any atom is -0.283 e. The van der Waals surface area contributed by atoms with Gasteiger partial charge < -0.3 is 0 Å². The smallest absolute Gasteiger partial charge is 0.283 e. The van der Waals surface area contributed by atoms with Gasteiger partial charge in [0.05, 0.1) is 5.56 Å². The normalized spacial score (nSPS) is 11.0. The van der Waals surface area contributed by atoms with Crippen molar-refractivity contribution in [2.45, 2.75) is 72.4 Å². The van der Waals surface area contributed by atoms with E-state index < -0.39 is 0 Å². The fraction of sp³-hybridized carbons (Fsp3) is 0.733. The van der Waals surface area contributed by atoms with Gasteiger partial charge >= 0.3 is 5.69 Å². The summed E-state index contributed by atoms with van der Waals surface area (Å²) in [6.45, 7) is 6.85. The van der Waals surface area contributed by atoms with E-state index in [9.17, 15) is 9.59 Å². The van der Waals surface area contributed by atoms with Crippen molar-refractivity contribution < 1.29 is 0 Å². The second-order valence-corrected chi connectivity index (χ2v) is 5.38. The summed E-state index contributed by atoms with van der Waals surface area (Å²) in [5, 5.41) is 0.322. The van der Waals surface area contributed by atoms with Crippen LogP contribution in [0.4, 0.5) is 0 Å². The summed E-state index contributed by atoms with van der Waals surface area (Å²) in [5.74, 6) is 0. The summed E-state index contributed by atoms with van der Waals surface area (Å²) < 4.78 is 2.83. The molecule has 0 spiro atoms. The van der Waals surface area contributed by atoms with Gasteiger partial charge in [-0.1, -0.05) is 51.1 Å². The molecule has 5 heteroatoms. The van der Waals surface area contributed by atoms with Gasteiger partial charge in [-0.3, -0.25) is 13.9 Å². The van der Waals surface area contributed by atoms with Crippen molar-refractivity contribution in [1.29, 1.82) is 0 Å². The van der Waals surface area contributed by atoms with E-state index in [1.165, 1.54) is 23.8 Å². The van der Waals surface area contributed by atoms with Crippen molar-refractivity contribution >= 4 is 11.6 Å². The summed E-state index contributed by atoms with van der Waals surface area (Å²) in [6.07, 6.45) is 6.15. The number of hydrogen-bond acceptors (Lipinski definition) is 2. The maximum Gasteiger partial charge on any atom is 0.332 e. The van der Waals surface area contributed by atoms with Crippen molar-refractivity contribution in [1.82, 2.24) is 9.13 Å². The van der Waals surface area contributed by atoms with Crippen LogP contribution in [0.3, 0.4) is 0 Å². The largest absolute Gasteiger partial charge is 0.332 e. The fourth-order valence-corrected chi connectivity index (χ4v) is 2.75. The van der Waals surface area contributed by atoms with Crippen LogP contribution in [0, 0.1) is 0 Å². The molecule has 0 amide bonds. The highest BCUT2D eigenvalue weighted by molar-refractivity contribution is 6.30. The van der Waals surface area contributed by atoms with Gasteiger partial charge in [0.2, 0.25) is 0 Å². The molecular formula is C15H25ClN2O2. The fourth-order valence-electron chi connectivity index (χ4n) is 2.37. The quantitative estimate of drug-likeness (QED) is 0.546. The molecular weight excluding hydrogens is 276 g/mol. The number of unbranched alkanes of at least 4 members (excludes halogenated alkanes) is 4. The van der Waals surface area contributed by atoms with Crippen molar-refractivity contribution in [3.63, 3.8) is 0 Å². The molecule has 0 aliphatic rings. The van der Waals surface area contributed by atoms with Gasteiger partial charge in [-0.15, -0.1) is 0 Å². The zero-order valence-corrected chi connectivity index (χ0v) is 13.5. The molecule has 0 atom stereocenters. The highest BCUT2D eigenvalue weighted by atomic mass is 35.5. The van der Waals surface area contributed by atoms with Gasteiger partial charge in [-0.05, 0) is 19.8 Å². The Bertz CT molecular complexity index is 546.